The summed E-state index contributed by atoms with van der Waals surface area (Å²) in [6.07, 6.45) is 5.17. The van der Waals surface area contributed by atoms with Crippen molar-refractivity contribution in [1.82, 2.24) is 24.3 Å². The Morgan fingerprint density at radius 2 is 1.67 bits per heavy atom. The largest absolute Gasteiger partial charge is 0.458 e. The number of rotatable bonds is 11. The fourth-order valence-electron chi connectivity index (χ4n) is 9.43. The minimum Gasteiger partial charge on any atom is -0.458 e. The van der Waals surface area contributed by atoms with E-state index in [0.717, 1.165) is 11.3 Å². The molecule has 63 heavy (non-hydrogen) atoms. The number of unbranched alkanes of at least 4 members (excludes halogenated alkanes) is 1. The average Bonchev–Trinajstić information content (AvgIpc) is 3.80. The molecule has 0 aromatic carbocycles. The predicted octanol–water partition coefficient (Wildman–Crippen LogP) is 4.43. The van der Waals surface area contributed by atoms with Crippen LogP contribution in [0.3, 0.4) is 0 Å². The summed E-state index contributed by atoms with van der Waals surface area (Å²) in [4.78, 5) is 69.0. The minimum atomic E-state index is -3.67. The highest BCUT2D eigenvalue weighted by atomic mass is 32.2. The molecular weight excluding hydrogens is 839 g/mol. The number of ether oxygens (including phenoxy) is 5. The van der Waals surface area contributed by atoms with Crippen molar-refractivity contribution in [1.29, 1.82) is 0 Å². The molecule has 5 rings (SSSR count). The van der Waals surface area contributed by atoms with E-state index in [1.807, 2.05) is 62.7 Å². The highest BCUT2D eigenvalue weighted by Crippen LogP contribution is 2.43. The van der Waals surface area contributed by atoms with Gasteiger partial charge in [0.25, 0.3) is 10.1 Å². The molecule has 0 aliphatic carbocycles. The van der Waals surface area contributed by atoms with E-state index >= 15 is 0 Å². The van der Waals surface area contributed by atoms with Crippen molar-refractivity contribution in [2.45, 2.75) is 148 Å². The average molecular weight is 908 g/mol. The molecule has 1 amide bonds. The van der Waals surface area contributed by atoms with Crippen LogP contribution in [0.2, 0.25) is 0 Å². The number of carbonyl (C=O) groups is 4. The molecule has 19 heteroatoms. The Balaban J connectivity index is 0.00000165. The number of aromatic nitrogens is 3. The van der Waals surface area contributed by atoms with Gasteiger partial charge in [-0.05, 0) is 86.0 Å². The number of esters is 1. The summed E-state index contributed by atoms with van der Waals surface area (Å²) in [5.41, 5.74) is -0.938. The summed E-state index contributed by atoms with van der Waals surface area (Å²) in [5.74, 6) is -4.95. The van der Waals surface area contributed by atoms with Crippen molar-refractivity contribution in [3.8, 4) is 11.3 Å². The van der Waals surface area contributed by atoms with Crippen molar-refractivity contribution in [3.05, 3.63) is 37.1 Å². The third-order valence-electron chi connectivity index (χ3n) is 12.8. The molecule has 0 saturated carbocycles. The van der Waals surface area contributed by atoms with Gasteiger partial charge in [0.15, 0.2) is 17.7 Å². The number of cyclic esters (lactones) is 1. The number of aliphatic hydroxyl groups is 1. The fourth-order valence-corrected chi connectivity index (χ4v) is 9.43. The molecule has 2 N–H and O–H groups in total. The van der Waals surface area contributed by atoms with Crippen LogP contribution in [0.25, 0.3) is 11.3 Å². The Morgan fingerprint density at radius 3 is 2.25 bits per heavy atom. The number of carbonyl (C=O) groups excluding carboxylic acids is 4. The second kappa shape index (κ2) is 21.4. The van der Waals surface area contributed by atoms with Crippen LogP contribution < -0.4 is 0 Å². The molecule has 0 spiro atoms. The lowest BCUT2D eigenvalue weighted by atomic mass is 9.73. The zero-order valence-electron chi connectivity index (χ0n) is 38.8. The van der Waals surface area contributed by atoms with Crippen molar-refractivity contribution >= 4 is 33.7 Å². The first-order valence-electron chi connectivity index (χ1n) is 21.7. The van der Waals surface area contributed by atoms with Gasteiger partial charge in [0.2, 0.25) is 0 Å². The number of ketones is 2. The van der Waals surface area contributed by atoms with Crippen LogP contribution in [-0.2, 0) is 54.7 Å². The Hall–Kier alpha value is -3.85. The second-order valence-corrected chi connectivity index (χ2v) is 19.5. The highest BCUT2D eigenvalue weighted by Gasteiger charge is 2.60. The number of Topliss-reactive ketones (excluding diaryl/α,β-unsaturated/α-hetero) is 2. The van der Waals surface area contributed by atoms with Gasteiger partial charge in [-0.15, -0.1) is 0 Å². The van der Waals surface area contributed by atoms with Gasteiger partial charge in [-0.3, -0.25) is 23.9 Å². The summed E-state index contributed by atoms with van der Waals surface area (Å²) < 4.78 is 59.1. The predicted molar refractivity (Wildman–Crippen MR) is 232 cm³/mol. The second-order valence-electron chi connectivity index (χ2n) is 18.1. The number of pyridine rings is 1. The number of amides is 1. The Bertz CT molecular complexity index is 1980. The van der Waals surface area contributed by atoms with E-state index in [-0.39, 0.29) is 30.8 Å². The summed E-state index contributed by atoms with van der Waals surface area (Å²) in [6, 6.07) is 2.74. The van der Waals surface area contributed by atoms with Crippen molar-refractivity contribution in [2.24, 2.45) is 23.7 Å². The third-order valence-corrected chi connectivity index (χ3v) is 12.8. The summed E-state index contributed by atoms with van der Waals surface area (Å²) >= 11 is 0. The van der Waals surface area contributed by atoms with Crippen LogP contribution in [0.1, 0.15) is 87.5 Å². The van der Waals surface area contributed by atoms with E-state index in [4.69, 9.17) is 28.2 Å². The molecule has 354 valence electrons. The molecule has 3 fully saturated rings. The number of nitrogens with zero attached hydrogens (tertiary/aromatic N) is 5. The molecule has 18 nitrogen and oxygen atoms in total. The maximum Gasteiger partial charge on any atom is 0.410 e. The SMILES string of the molecule is CC[C@H]1OC(=O)[C@H](C)C(=O)[C@H](C)[C@@H](O[C@@H]2O[C@H](C)C[C@H](N(C)C)[C@H]2O)[C@](C)(OC)C[C@@H](C)C(=O)[C@H](C)C2N(CCCCn3cnc(-c4cccnc4)c3)C(=O)O[C@@]21C.CS(=O)(=O)O. The number of hydrogen-bond donors (Lipinski definition) is 2. The molecule has 1 unspecified atom stereocenters. The van der Waals surface area contributed by atoms with Gasteiger partial charge < -0.3 is 43.2 Å². The lowest BCUT2D eigenvalue weighted by Gasteiger charge is -2.47. The van der Waals surface area contributed by atoms with E-state index in [1.165, 1.54) is 14.0 Å². The Morgan fingerprint density at radius 1 is 1.02 bits per heavy atom. The van der Waals surface area contributed by atoms with E-state index < -0.39 is 93.5 Å². The fraction of sp³-hybridized carbons (Fsp3) is 0.727. The molecule has 2 aromatic rings. The topological polar surface area (TPSA) is 226 Å². The molecule has 5 heterocycles. The Labute approximate surface area is 372 Å². The number of methoxy groups -OCH3 is 1. The van der Waals surface area contributed by atoms with Crippen molar-refractivity contribution in [2.75, 3.05) is 34.0 Å². The van der Waals surface area contributed by atoms with E-state index in [0.29, 0.717) is 38.6 Å². The van der Waals surface area contributed by atoms with Crippen molar-refractivity contribution in [3.63, 3.8) is 0 Å². The number of likely N-dealkylation sites (N-methyl/N-ethyl adjacent to an activating group) is 1. The first-order valence-corrected chi connectivity index (χ1v) is 23.5. The summed E-state index contributed by atoms with van der Waals surface area (Å²) in [6.45, 7) is 14.9. The van der Waals surface area contributed by atoms with Crippen molar-refractivity contribution < 1.29 is 60.9 Å². The molecule has 0 radical (unpaired) electrons. The number of hydrogen-bond acceptors (Lipinski definition) is 15. The first-order chi connectivity index (χ1) is 29.4. The smallest absolute Gasteiger partial charge is 0.410 e. The maximum absolute atomic E-state index is 14.7. The maximum atomic E-state index is 14.7. The zero-order valence-corrected chi connectivity index (χ0v) is 39.6. The Kier molecular flexibility index (Phi) is 17.6. The lowest BCUT2D eigenvalue weighted by Crippen LogP contribution is -2.60. The molecular formula is C44H69N5O13S. The number of aliphatic hydroxyl groups excluding tert-OH is 1. The van der Waals surface area contributed by atoms with Crippen LogP contribution in [0, 0.1) is 23.7 Å². The number of aryl methyl sites for hydroxylation is 1. The molecule has 13 atom stereocenters. The van der Waals surface area contributed by atoms with Crippen LogP contribution in [0.5, 0.6) is 0 Å². The van der Waals surface area contributed by atoms with E-state index in [2.05, 4.69) is 9.97 Å². The highest BCUT2D eigenvalue weighted by molar-refractivity contribution is 7.85. The monoisotopic (exact) mass is 907 g/mol. The quantitative estimate of drug-likeness (QED) is 0.138. The molecule has 3 aliphatic rings. The zero-order chi connectivity index (χ0) is 47.2. The van der Waals surface area contributed by atoms with E-state index in [1.54, 1.807) is 51.3 Å². The molecule has 3 saturated heterocycles. The number of fused-ring (bicyclic) bond motifs is 1. The van der Waals surface area contributed by atoms with Crippen LogP contribution >= 0.6 is 0 Å². The molecule has 2 aromatic heterocycles. The van der Waals surface area contributed by atoms with Crippen LogP contribution in [0.15, 0.2) is 37.1 Å². The lowest BCUT2D eigenvalue weighted by molar-refractivity contribution is -0.295. The molecule has 3 aliphatic heterocycles. The van der Waals surface area contributed by atoms with Gasteiger partial charge in [-0.25, -0.2) is 9.78 Å². The van der Waals surface area contributed by atoms with E-state index in [9.17, 15) is 32.7 Å². The van der Waals surface area contributed by atoms with Gasteiger partial charge in [-0.1, -0.05) is 27.7 Å². The van der Waals surface area contributed by atoms with Gasteiger partial charge in [0.1, 0.15) is 23.9 Å². The number of imidazole rings is 1. The van der Waals surface area contributed by atoms with Gasteiger partial charge in [-0.2, -0.15) is 8.42 Å². The summed E-state index contributed by atoms with van der Waals surface area (Å²) in [7, 11) is 1.57. The van der Waals surface area contributed by atoms with Crippen LogP contribution in [-0.4, -0.2) is 154 Å². The minimum absolute atomic E-state index is 0.130. The van der Waals surface area contributed by atoms with Crippen LogP contribution in [0.4, 0.5) is 4.79 Å². The van der Waals surface area contributed by atoms with Gasteiger partial charge >= 0.3 is 12.1 Å². The van der Waals surface area contributed by atoms with Gasteiger partial charge in [0, 0.05) is 68.1 Å². The normalized spacial score (nSPS) is 34.7. The summed E-state index contributed by atoms with van der Waals surface area (Å²) in [5, 5.41) is 11.4. The molecule has 0 bridgehead atoms. The van der Waals surface area contributed by atoms with Gasteiger partial charge in [0.05, 0.1) is 42.1 Å². The standard InChI is InChI=1S/C43H65N5O10.CH4O3S/c1-12-33-43(8)37(48(41(53)58-43)19-14-13-18-47-23-31(45-24-47)30-16-15-17-44-22-30)27(4)34(49)25(2)21-42(7,54-11)38(28(5)35(50)29(6)39(52)56-33)57-40-36(51)32(46(9)10)20-26(3)55-40;1-5(2,3)4/h15-17,22-29,32-33,36-38,40,51H,12-14,18-21H2,1-11H3;1H3,(H,2,3,4)/t25-,26-,27+,28+,29-,32+,33-,36-,37?,38-,40+,42-,43-;/m1./s1. The third kappa shape index (κ3) is 12.5. The first kappa shape index (κ1) is 51.8.